The lowest BCUT2D eigenvalue weighted by Crippen LogP contribution is -2.38. The molecule has 2 aromatic rings. The smallest absolute Gasteiger partial charge is 0.131 e. The van der Waals surface area contributed by atoms with Crippen molar-refractivity contribution < 1.29 is 14.6 Å². The highest BCUT2D eigenvalue weighted by Crippen LogP contribution is 2.30. The van der Waals surface area contributed by atoms with Crippen LogP contribution in [0.2, 0.25) is 0 Å². The zero-order valence-corrected chi connectivity index (χ0v) is 14.2. The van der Waals surface area contributed by atoms with Crippen molar-refractivity contribution in [2.24, 2.45) is 0 Å². The Morgan fingerprint density at radius 3 is 2.20 bits per heavy atom. The average Bonchev–Trinajstić information content (AvgIpc) is 2.69. The van der Waals surface area contributed by atoms with Crippen LogP contribution in [0.3, 0.4) is 0 Å². The van der Waals surface area contributed by atoms with Gasteiger partial charge in [-0.05, 0) is 18.2 Å². The summed E-state index contributed by atoms with van der Waals surface area (Å²) in [6, 6.07) is 11.5. The lowest BCUT2D eigenvalue weighted by atomic mass is 10.1. The van der Waals surface area contributed by atoms with E-state index in [0.717, 1.165) is 75.4 Å². The van der Waals surface area contributed by atoms with Crippen LogP contribution in [0.5, 0.6) is 5.75 Å². The molecule has 2 aliphatic heterocycles. The van der Waals surface area contributed by atoms with E-state index in [0.29, 0.717) is 0 Å². The Morgan fingerprint density at radius 2 is 1.52 bits per heavy atom. The first-order chi connectivity index (χ1) is 12.3. The van der Waals surface area contributed by atoms with Crippen LogP contribution in [-0.2, 0) is 9.47 Å². The first-order valence-electron chi connectivity index (χ1n) is 8.76. The van der Waals surface area contributed by atoms with Crippen molar-refractivity contribution >= 4 is 11.5 Å². The van der Waals surface area contributed by atoms with Crippen molar-refractivity contribution in [3.05, 3.63) is 36.4 Å². The fraction of sp³-hybridized carbons (Fsp3) is 0.421. The second kappa shape index (κ2) is 7.29. The van der Waals surface area contributed by atoms with E-state index in [2.05, 4.69) is 21.9 Å². The predicted octanol–water partition coefficient (Wildman–Crippen LogP) is 2.13. The van der Waals surface area contributed by atoms with E-state index in [1.54, 1.807) is 12.1 Å². The molecular weight excluding hydrogens is 318 g/mol. The molecule has 2 fully saturated rings. The molecule has 25 heavy (non-hydrogen) atoms. The minimum atomic E-state index is 0.254. The van der Waals surface area contributed by atoms with Gasteiger partial charge in [0.25, 0.3) is 0 Å². The molecule has 1 N–H and O–H groups in total. The van der Waals surface area contributed by atoms with Crippen LogP contribution in [0.25, 0.3) is 11.3 Å². The Hall–Kier alpha value is -2.31. The molecule has 1 aromatic heterocycles. The number of benzene rings is 1. The molecule has 4 rings (SSSR count). The molecule has 3 heterocycles. The molecule has 2 aliphatic rings. The molecule has 0 unspecified atom stereocenters. The molecule has 0 spiro atoms. The summed E-state index contributed by atoms with van der Waals surface area (Å²) in [6.07, 6.45) is 0. The molecule has 6 heteroatoms. The Kier molecular flexibility index (Phi) is 4.72. The van der Waals surface area contributed by atoms with Crippen molar-refractivity contribution in [3.63, 3.8) is 0 Å². The summed E-state index contributed by atoms with van der Waals surface area (Å²) < 4.78 is 10.9. The lowest BCUT2D eigenvalue weighted by molar-refractivity contribution is 0.122. The number of hydrogen-bond donors (Lipinski definition) is 1. The monoisotopic (exact) mass is 341 g/mol. The third kappa shape index (κ3) is 3.70. The van der Waals surface area contributed by atoms with Crippen molar-refractivity contribution in [1.82, 2.24) is 4.98 Å². The minimum Gasteiger partial charge on any atom is -0.508 e. The van der Waals surface area contributed by atoms with Gasteiger partial charge < -0.3 is 24.4 Å². The molecular formula is C19H23N3O3. The third-order valence-electron chi connectivity index (χ3n) is 4.65. The maximum absolute atomic E-state index is 9.83. The van der Waals surface area contributed by atoms with Crippen molar-refractivity contribution in [3.8, 4) is 17.0 Å². The fourth-order valence-electron chi connectivity index (χ4n) is 3.27. The Bertz CT molecular complexity index is 689. The van der Waals surface area contributed by atoms with E-state index in [4.69, 9.17) is 14.5 Å². The fourth-order valence-corrected chi connectivity index (χ4v) is 3.27. The molecule has 2 saturated heterocycles. The van der Waals surface area contributed by atoms with Gasteiger partial charge in [-0.25, -0.2) is 4.98 Å². The highest BCUT2D eigenvalue weighted by molar-refractivity contribution is 5.70. The molecule has 0 amide bonds. The van der Waals surface area contributed by atoms with Gasteiger partial charge in [0.15, 0.2) is 0 Å². The number of rotatable bonds is 3. The molecule has 0 radical (unpaired) electrons. The predicted molar refractivity (Wildman–Crippen MR) is 97.4 cm³/mol. The largest absolute Gasteiger partial charge is 0.508 e. The number of morpholine rings is 2. The minimum absolute atomic E-state index is 0.254. The zero-order valence-electron chi connectivity index (χ0n) is 14.2. The summed E-state index contributed by atoms with van der Waals surface area (Å²) in [5.74, 6) is 1.22. The van der Waals surface area contributed by atoms with Crippen LogP contribution in [0.15, 0.2) is 36.4 Å². The van der Waals surface area contributed by atoms with Gasteiger partial charge in [-0.1, -0.05) is 12.1 Å². The maximum Gasteiger partial charge on any atom is 0.131 e. The SMILES string of the molecule is Oc1cccc(-c2cc(N3CCOCC3)cc(N3CCOCC3)n2)c1. The number of hydrogen-bond acceptors (Lipinski definition) is 6. The van der Waals surface area contributed by atoms with Crippen LogP contribution < -0.4 is 9.80 Å². The Labute approximate surface area is 147 Å². The summed E-state index contributed by atoms with van der Waals surface area (Å²) in [5, 5.41) is 9.83. The maximum atomic E-state index is 9.83. The second-order valence-corrected chi connectivity index (χ2v) is 6.32. The van der Waals surface area contributed by atoms with Crippen LogP contribution in [-0.4, -0.2) is 62.7 Å². The standard InChI is InChI=1S/C19H23N3O3/c23-17-3-1-2-15(12-17)18-13-16(21-4-8-24-9-5-21)14-19(20-18)22-6-10-25-11-7-22/h1-3,12-14,23H,4-11H2. The van der Waals surface area contributed by atoms with Crippen LogP contribution in [0, 0.1) is 0 Å². The average molecular weight is 341 g/mol. The number of phenolic OH excluding ortho intramolecular Hbond substituents is 1. The van der Waals surface area contributed by atoms with Crippen molar-refractivity contribution in [2.45, 2.75) is 0 Å². The number of pyridine rings is 1. The number of aromatic hydroxyl groups is 1. The van der Waals surface area contributed by atoms with Crippen LogP contribution >= 0.6 is 0 Å². The van der Waals surface area contributed by atoms with Gasteiger partial charge >= 0.3 is 0 Å². The number of anilines is 2. The Balaban J connectivity index is 1.73. The summed E-state index contributed by atoms with van der Waals surface area (Å²) in [7, 11) is 0. The van der Waals surface area contributed by atoms with E-state index >= 15 is 0 Å². The molecule has 0 atom stereocenters. The van der Waals surface area contributed by atoms with Gasteiger partial charge in [0.05, 0.1) is 32.1 Å². The van der Waals surface area contributed by atoms with Gasteiger partial charge in [0.2, 0.25) is 0 Å². The van der Waals surface area contributed by atoms with Gasteiger partial charge in [-0.2, -0.15) is 0 Å². The summed E-state index contributed by atoms with van der Waals surface area (Å²) in [4.78, 5) is 9.46. The molecule has 1 aromatic carbocycles. The summed E-state index contributed by atoms with van der Waals surface area (Å²) in [6.45, 7) is 6.40. The Morgan fingerprint density at radius 1 is 0.840 bits per heavy atom. The van der Waals surface area contributed by atoms with E-state index in [-0.39, 0.29) is 5.75 Å². The highest BCUT2D eigenvalue weighted by atomic mass is 16.5. The number of aromatic nitrogens is 1. The molecule has 6 nitrogen and oxygen atoms in total. The van der Waals surface area contributed by atoms with Crippen LogP contribution in [0.4, 0.5) is 11.5 Å². The highest BCUT2D eigenvalue weighted by Gasteiger charge is 2.18. The van der Waals surface area contributed by atoms with E-state index in [1.165, 1.54) is 0 Å². The first kappa shape index (κ1) is 16.2. The topological polar surface area (TPSA) is 58.1 Å². The first-order valence-corrected chi connectivity index (χ1v) is 8.76. The third-order valence-corrected chi connectivity index (χ3v) is 4.65. The quantitative estimate of drug-likeness (QED) is 0.923. The lowest BCUT2D eigenvalue weighted by Gasteiger charge is -2.32. The molecule has 0 bridgehead atoms. The second-order valence-electron chi connectivity index (χ2n) is 6.32. The van der Waals surface area contributed by atoms with Gasteiger partial charge in [0, 0.05) is 43.5 Å². The normalized spacial score (nSPS) is 18.4. The molecule has 132 valence electrons. The molecule has 0 aliphatic carbocycles. The molecule has 0 saturated carbocycles. The number of nitrogens with zero attached hydrogens (tertiary/aromatic N) is 3. The number of ether oxygens (including phenoxy) is 2. The van der Waals surface area contributed by atoms with Crippen LogP contribution in [0.1, 0.15) is 0 Å². The van der Waals surface area contributed by atoms with E-state index < -0.39 is 0 Å². The summed E-state index contributed by atoms with van der Waals surface area (Å²) in [5.41, 5.74) is 2.95. The van der Waals surface area contributed by atoms with Crippen molar-refractivity contribution in [2.75, 3.05) is 62.4 Å². The zero-order chi connectivity index (χ0) is 17.1. The van der Waals surface area contributed by atoms with E-state index in [9.17, 15) is 5.11 Å². The van der Waals surface area contributed by atoms with Gasteiger partial charge in [-0.3, -0.25) is 0 Å². The van der Waals surface area contributed by atoms with E-state index in [1.807, 2.05) is 12.1 Å². The van der Waals surface area contributed by atoms with Gasteiger partial charge in [-0.15, -0.1) is 0 Å². The number of phenols is 1. The summed E-state index contributed by atoms with van der Waals surface area (Å²) >= 11 is 0. The van der Waals surface area contributed by atoms with Gasteiger partial charge in [0.1, 0.15) is 11.6 Å². The van der Waals surface area contributed by atoms with Crippen molar-refractivity contribution in [1.29, 1.82) is 0 Å².